The van der Waals surface area contributed by atoms with Crippen LogP contribution in [0.25, 0.3) is 0 Å². The Hall–Kier alpha value is -2.47. The van der Waals surface area contributed by atoms with Gasteiger partial charge in [0.15, 0.2) is 0 Å². The number of nitrogens with zero attached hydrogens (tertiary/aromatic N) is 3. The Kier molecular flexibility index (Phi) is 5.28. The summed E-state index contributed by atoms with van der Waals surface area (Å²) in [6.07, 6.45) is 3.17. The Bertz CT molecular complexity index is 784. The predicted molar refractivity (Wildman–Crippen MR) is 94.0 cm³/mol. The fourth-order valence-corrected chi connectivity index (χ4v) is 3.21. The second kappa shape index (κ2) is 7.61. The number of rotatable bonds is 6. The number of carbonyl (C=O) groups is 1. The highest BCUT2D eigenvalue weighted by Gasteiger charge is 2.34. The van der Waals surface area contributed by atoms with Crippen LogP contribution in [-0.4, -0.2) is 38.3 Å². The maximum atomic E-state index is 13.1. The third kappa shape index (κ3) is 3.79. The summed E-state index contributed by atoms with van der Waals surface area (Å²) in [6, 6.07) is 12.3. The monoisotopic (exact) mass is 341 g/mol. The number of carbonyl (C=O) groups excluding carboxylic acids is 1. The zero-order valence-corrected chi connectivity index (χ0v) is 14.3. The maximum absolute atomic E-state index is 13.1. The van der Waals surface area contributed by atoms with Crippen LogP contribution in [0.2, 0.25) is 0 Å². The van der Waals surface area contributed by atoms with Crippen LogP contribution < -0.4 is 5.56 Å². The Balaban J connectivity index is 1.92. The molecule has 0 bridgehead atoms. The average Bonchev–Trinajstić information content (AvgIpc) is 2.59. The van der Waals surface area contributed by atoms with Crippen molar-refractivity contribution in [2.45, 2.75) is 31.8 Å². The molecule has 132 valence electrons. The first-order valence-corrected chi connectivity index (χ1v) is 8.60. The van der Waals surface area contributed by atoms with Crippen molar-refractivity contribution < 1.29 is 9.90 Å². The van der Waals surface area contributed by atoms with Crippen LogP contribution in [0.5, 0.6) is 0 Å². The summed E-state index contributed by atoms with van der Waals surface area (Å²) in [5.74, 6) is 0.0515. The second-order valence-electron chi connectivity index (χ2n) is 6.54. The summed E-state index contributed by atoms with van der Waals surface area (Å²) in [5.41, 5.74) is 0.957. The molecule has 0 spiro atoms. The molecule has 6 nitrogen and oxygen atoms in total. The molecule has 1 unspecified atom stereocenters. The SMILES string of the molecule is Cn1nc(C(=O)N(Cc2ccccc2)C(CO)C2CCC2)ccc1=O. The molecule has 1 N–H and O–H groups in total. The van der Waals surface area contributed by atoms with Gasteiger partial charge in [0.2, 0.25) is 0 Å². The summed E-state index contributed by atoms with van der Waals surface area (Å²) < 4.78 is 1.16. The van der Waals surface area contributed by atoms with Crippen LogP contribution in [-0.2, 0) is 13.6 Å². The molecule has 1 saturated carbocycles. The molecular formula is C19H23N3O3. The molecule has 1 amide bonds. The molecule has 1 fully saturated rings. The molecule has 1 heterocycles. The van der Waals surface area contributed by atoms with Crippen LogP contribution in [0.4, 0.5) is 0 Å². The lowest BCUT2D eigenvalue weighted by atomic mass is 9.79. The average molecular weight is 341 g/mol. The first-order chi connectivity index (χ1) is 12.1. The Morgan fingerprint density at radius 3 is 2.56 bits per heavy atom. The molecule has 1 aliphatic carbocycles. The molecule has 1 aromatic carbocycles. The largest absolute Gasteiger partial charge is 0.394 e. The number of benzene rings is 1. The molecule has 25 heavy (non-hydrogen) atoms. The highest BCUT2D eigenvalue weighted by molar-refractivity contribution is 5.92. The number of hydrogen-bond donors (Lipinski definition) is 1. The van der Waals surface area contributed by atoms with Crippen molar-refractivity contribution in [3.05, 3.63) is 64.1 Å². The van der Waals surface area contributed by atoms with Crippen molar-refractivity contribution in [1.82, 2.24) is 14.7 Å². The summed E-state index contributed by atoms with van der Waals surface area (Å²) in [4.78, 5) is 26.3. The highest BCUT2D eigenvalue weighted by Crippen LogP contribution is 2.33. The minimum atomic E-state index is -0.260. The molecule has 1 aromatic heterocycles. The third-order valence-corrected chi connectivity index (χ3v) is 4.92. The van der Waals surface area contributed by atoms with Crippen LogP contribution in [0.3, 0.4) is 0 Å². The van der Waals surface area contributed by atoms with Gasteiger partial charge >= 0.3 is 0 Å². The molecular weight excluding hydrogens is 318 g/mol. The van der Waals surface area contributed by atoms with Gasteiger partial charge in [-0.2, -0.15) is 5.10 Å². The molecule has 1 atom stereocenters. The Morgan fingerprint density at radius 2 is 2.00 bits per heavy atom. The van der Waals surface area contributed by atoms with Crippen LogP contribution in [0, 0.1) is 5.92 Å². The fraction of sp³-hybridized carbons (Fsp3) is 0.421. The van der Waals surface area contributed by atoms with E-state index < -0.39 is 0 Å². The van der Waals surface area contributed by atoms with Gasteiger partial charge in [0, 0.05) is 19.7 Å². The van der Waals surface area contributed by atoms with Gasteiger partial charge in [0.1, 0.15) is 5.69 Å². The van der Waals surface area contributed by atoms with Gasteiger partial charge in [-0.15, -0.1) is 0 Å². The van der Waals surface area contributed by atoms with Gasteiger partial charge in [-0.05, 0) is 30.4 Å². The van der Waals surface area contributed by atoms with Crippen molar-refractivity contribution >= 4 is 5.91 Å². The van der Waals surface area contributed by atoms with Crippen LogP contribution in [0.15, 0.2) is 47.3 Å². The van der Waals surface area contributed by atoms with E-state index in [2.05, 4.69) is 5.10 Å². The van der Waals surface area contributed by atoms with Crippen molar-refractivity contribution in [2.75, 3.05) is 6.61 Å². The quantitative estimate of drug-likeness (QED) is 0.866. The summed E-state index contributed by atoms with van der Waals surface area (Å²) in [5, 5.41) is 14.0. The first-order valence-electron chi connectivity index (χ1n) is 8.60. The van der Waals surface area contributed by atoms with E-state index in [-0.39, 0.29) is 29.8 Å². The summed E-state index contributed by atoms with van der Waals surface area (Å²) in [7, 11) is 1.52. The molecule has 2 aromatic rings. The number of hydrogen-bond acceptors (Lipinski definition) is 4. The van der Waals surface area contributed by atoms with Gasteiger partial charge in [-0.1, -0.05) is 36.8 Å². The summed E-state index contributed by atoms with van der Waals surface area (Å²) in [6.45, 7) is 0.334. The number of amides is 1. The number of aryl methyl sites for hydroxylation is 1. The number of aromatic nitrogens is 2. The number of aliphatic hydroxyl groups is 1. The van der Waals surface area contributed by atoms with Gasteiger partial charge in [0.05, 0.1) is 12.6 Å². The van der Waals surface area contributed by atoms with Gasteiger partial charge in [-0.25, -0.2) is 4.68 Å². The van der Waals surface area contributed by atoms with Crippen LogP contribution in [0.1, 0.15) is 35.3 Å². The molecule has 0 radical (unpaired) electrons. The lowest BCUT2D eigenvalue weighted by molar-refractivity contribution is 0.0306. The van der Waals surface area contributed by atoms with Crippen molar-refractivity contribution in [1.29, 1.82) is 0 Å². The highest BCUT2D eigenvalue weighted by atomic mass is 16.3. The van der Waals surface area contributed by atoms with E-state index in [1.807, 2.05) is 30.3 Å². The Labute approximate surface area is 146 Å². The van der Waals surface area contributed by atoms with E-state index in [1.165, 1.54) is 19.2 Å². The lowest BCUT2D eigenvalue weighted by Crippen LogP contribution is -2.48. The predicted octanol–water partition coefficient (Wildman–Crippen LogP) is 1.58. The second-order valence-corrected chi connectivity index (χ2v) is 6.54. The third-order valence-electron chi connectivity index (χ3n) is 4.92. The van der Waals surface area contributed by atoms with Gasteiger partial charge in [-0.3, -0.25) is 9.59 Å². The zero-order chi connectivity index (χ0) is 17.8. The summed E-state index contributed by atoms with van der Waals surface area (Å²) >= 11 is 0. The van der Waals surface area contributed by atoms with Gasteiger partial charge < -0.3 is 10.0 Å². The van der Waals surface area contributed by atoms with E-state index in [4.69, 9.17) is 0 Å². The van der Waals surface area contributed by atoms with E-state index in [0.717, 1.165) is 29.5 Å². The lowest BCUT2D eigenvalue weighted by Gasteiger charge is -2.40. The molecule has 1 aliphatic rings. The topological polar surface area (TPSA) is 75.4 Å². The molecule has 0 aliphatic heterocycles. The standard InChI is InChI=1S/C19H23N3O3/c1-21-18(24)11-10-16(20-21)19(25)22(12-14-6-3-2-4-7-14)17(13-23)15-8-5-9-15/h2-4,6-7,10-11,15,17,23H,5,8-9,12-13H2,1H3. The van der Waals surface area contributed by atoms with Crippen LogP contribution >= 0.6 is 0 Å². The van der Waals surface area contributed by atoms with Crippen molar-refractivity contribution in [3.63, 3.8) is 0 Å². The smallest absolute Gasteiger partial charge is 0.274 e. The normalized spacial score (nSPS) is 15.4. The zero-order valence-electron chi connectivity index (χ0n) is 14.3. The van der Waals surface area contributed by atoms with Gasteiger partial charge in [0.25, 0.3) is 11.5 Å². The van der Waals surface area contributed by atoms with Crippen molar-refractivity contribution in [2.24, 2.45) is 13.0 Å². The van der Waals surface area contributed by atoms with E-state index in [9.17, 15) is 14.7 Å². The molecule has 6 heteroatoms. The minimum Gasteiger partial charge on any atom is -0.394 e. The van der Waals surface area contributed by atoms with Crippen molar-refractivity contribution in [3.8, 4) is 0 Å². The first kappa shape index (κ1) is 17.4. The number of aliphatic hydroxyl groups excluding tert-OH is 1. The molecule has 3 rings (SSSR count). The Morgan fingerprint density at radius 1 is 1.28 bits per heavy atom. The van der Waals surface area contributed by atoms with E-state index in [1.54, 1.807) is 4.90 Å². The fourth-order valence-electron chi connectivity index (χ4n) is 3.21. The molecule has 0 saturated heterocycles. The van der Waals surface area contributed by atoms with E-state index in [0.29, 0.717) is 12.5 Å². The van der Waals surface area contributed by atoms with E-state index >= 15 is 0 Å². The minimum absolute atomic E-state index is 0.0744. The maximum Gasteiger partial charge on any atom is 0.274 e.